The highest BCUT2D eigenvalue weighted by Crippen LogP contribution is 2.47. The first-order chi connectivity index (χ1) is 14.6. The Balaban J connectivity index is 1.50. The van der Waals surface area contributed by atoms with Crippen molar-refractivity contribution in [3.8, 4) is 10.6 Å². The van der Waals surface area contributed by atoms with Crippen LogP contribution in [0.15, 0.2) is 82.6 Å². The lowest BCUT2D eigenvalue weighted by atomic mass is 10.2. The van der Waals surface area contributed by atoms with Gasteiger partial charge in [0, 0.05) is 20.4 Å². The van der Waals surface area contributed by atoms with Crippen LogP contribution in [-0.2, 0) is 11.3 Å². The highest BCUT2D eigenvalue weighted by molar-refractivity contribution is 7.99. The summed E-state index contributed by atoms with van der Waals surface area (Å²) in [7, 11) is 0. The molecule has 148 valence electrons. The second kappa shape index (κ2) is 7.75. The fraction of sp³-hybridized carbons (Fsp3) is 0.0455. The first kappa shape index (κ1) is 19.1. The molecule has 1 aromatic heterocycles. The molecule has 2 heterocycles. The molecule has 1 N–H and O–H groups in total. The maximum Gasteiger partial charge on any atom is 0.253 e. The van der Waals surface area contributed by atoms with Crippen molar-refractivity contribution in [2.45, 2.75) is 16.3 Å². The van der Waals surface area contributed by atoms with Gasteiger partial charge in [-0.05, 0) is 36.4 Å². The van der Waals surface area contributed by atoms with Gasteiger partial charge in [0.2, 0.25) is 4.80 Å². The van der Waals surface area contributed by atoms with Gasteiger partial charge in [-0.2, -0.15) is 5.10 Å². The number of anilines is 2. The van der Waals surface area contributed by atoms with Crippen molar-refractivity contribution in [1.82, 2.24) is 9.78 Å². The Bertz CT molecular complexity index is 1270. The molecule has 0 radical (unpaired) electrons. The number of benzene rings is 3. The number of hydrogen-bond acceptors (Lipinski definition) is 5. The Kier molecular flexibility index (Phi) is 4.94. The lowest BCUT2D eigenvalue weighted by Crippen LogP contribution is -2.34. The second-order valence-corrected chi connectivity index (χ2v) is 9.14. The van der Waals surface area contributed by atoms with Crippen LogP contribution in [0.5, 0.6) is 0 Å². The van der Waals surface area contributed by atoms with Gasteiger partial charge < -0.3 is 0 Å². The average molecular weight is 451 g/mol. The summed E-state index contributed by atoms with van der Waals surface area (Å²) < 4.78 is 1.45. The summed E-state index contributed by atoms with van der Waals surface area (Å²) in [5, 5.41) is 14.1. The van der Waals surface area contributed by atoms with E-state index in [0.717, 1.165) is 26.7 Å². The number of rotatable bonds is 3. The lowest BCUT2D eigenvalue weighted by Gasteiger charge is -2.30. The van der Waals surface area contributed by atoms with Crippen LogP contribution in [0.2, 0.25) is 5.02 Å². The van der Waals surface area contributed by atoms with Crippen LogP contribution in [0.3, 0.4) is 0 Å². The molecule has 0 saturated carbocycles. The molecule has 30 heavy (non-hydrogen) atoms. The van der Waals surface area contributed by atoms with Crippen LogP contribution in [0.1, 0.15) is 0 Å². The van der Waals surface area contributed by atoms with E-state index in [4.69, 9.17) is 17.0 Å². The molecule has 0 fully saturated rings. The van der Waals surface area contributed by atoms with E-state index in [9.17, 15) is 4.79 Å². The summed E-state index contributed by atoms with van der Waals surface area (Å²) in [5.74, 6) is -0.137. The fourth-order valence-corrected chi connectivity index (χ4v) is 5.28. The summed E-state index contributed by atoms with van der Waals surface area (Å²) >= 11 is 8.85. The summed E-state index contributed by atoms with van der Waals surface area (Å²) in [5.41, 5.74) is 2.58. The molecule has 1 aliphatic rings. The Labute approximate surface area is 186 Å². The van der Waals surface area contributed by atoms with E-state index in [1.165, 1.54) is 16.0 Å². The number of halogens is 1. The molecule has 5 rings (SSSR count). The summed E-state index contributed by atoms with van der Waals surface area (Å²) in [6.07, 6.45) is 0. The third-order valence-electron chi connectivity index (χ3n) is 4.70. The molecule has 3 aromatic carbocycles. The number of fused-ring (bicyclic) bond motifs is 2. The first-order valence-electron chi connectivity index (χ1n) is 9.17. The SMILES string of the molecule is N=c1sc(-c2ccc(Cl)cc2)nn1CC(=O)N1c2ccccc2Sc2ccccc21. The van der Waals surface area contributed by atoms with Gasteiger partial charge in [0.05, 0.1) is 11.4 Å². The van der Waals surface area contributed by atoms with Crippen molar-refractivity contribution in [2.75, 3.05) is 4.90 Å². The molecule has 1 amide bonds. The van der Waals surface area contributed by atoms with Crippen LogP contribution >= 0.6 is 34.7 Å². The number of amides is 1. The van der Waals surface area contributed by atoms with Gasteiger partial charge in [0.25, 0.3) is 5.91 Å². The Morgan fingerprint density at radius 1 is 0.933 bits per heavy atom. The molecule has 0 aliphatic carbocycles. The van der Waals surface area contributed by atoms with Crippen molar-refractivity contribution in [1.29, 1.82) is 5.41 Å². The fourth-order valence-electron chi connectivity index (χ4n) is 3.31. The molecule has 5 nitrogen and oxygen atoms in total. The van der Waals surface area contributed by atoms with Crippen molar-refractivity contribution < 1.29 is 4.79 Å². The predicted molar refractivity (Wildman–Crippen MR) is 121 cm³/mol. The highest BCUT2D eigenvalue weighted by Gasteiger charge is 2.28. The molecule has 0 atom stereocenters. The molecule has 0 bridgehead atoms. The zero-order chi connectivity index (χ0) is 20.7. The summed E-state index contributed by atoms with van der Waals surface area (Å²) in [4.78, 5) is 17.4. The molecular weight excluding hydrogens is 436 g/mol. The third-order valence-corrected chi connectivity index (χ3v) is 6.99. The number of para-hydroxylation sites is 2. The Morgan fingerprint density at radius 2 is 1.53 bits per heavy atom. The number of carbonyl (C=O) groups excluding carboxylic acids is 1. The normalized spacial score (nSPS) is 12.4. The minimum absolute atomic E-state index is 0.0176. The van der Waals surface area contributed by atoms with E-state index in [0.29, 0.717) is 10.0 Å². The molecule has 1 aliphatic heterocycles. The first-order valence-corrected chi connectivity index (χ1v) is 11.2. The van der Waals surface area contributed by atoms with Crippen LogP contribution < -0.4 is 9.70 Å². The second-order valence-electron chi connectivity index (χ2n) is 6.64. The minimum Gasteiger partial charge on any atom is -0.277 e. The van der Waals surface area contributed by atoms with Crippen LogP contribution in [-0.4, -0.2) is 15.7 Å². The van der Waals surface area contributed by atoms with Gasteiger partial charge >= 0.3 is 0 Å². The molecule has 0 saturated heterocycles. The van der Waals surface area contributed by atoms with E-state index < -0.39 is 0 Å². The maximum absolute atomic E-state index is 13.4. The standard InChI is InChI=1S/C22H15ClN4OS2/c23-15-11-9-14(10-12-15)21-25-26(22(24)30-21)13-20(28)27-16-5-1-3-7-18(16)29-19-8-4-2-6-17(19)27/h1-12,24H,13H2. The Morgan fingerprint density at radius 3 is 2.17 bits per heavy atom. The van der Waals surface area contributed by atoms with Crippen molar-refractivity contribution in [2.24, 2.45) is 0 Å². The van der Waals surface area contributed by atoms with Crippen LogP contribution in [0, 0.1) is 5.41 Å². The highest BCUT2D eigenvalue weighted by atomic mass is 35.5. The quantitative estimate of drug-likeness (QED) is 0.443. The van der Waals surface area contributed by atoms with E-state index >= 15 is 0 Å². The van der Waals surface area contributed by atoms with Crippen LogP contribution in [0.4, 0.5) is 11.4 Å². The van der Waals surface area contributed by atoms with E-state index in [-0.39, 0.29) is 17.3 Å². The van der Waals surface area contributed by atoms with E-state index in [2.05, 4.69) is 5.10 Å². The minimum atomic E-state index is -0.137. The van der Waals surface area contributed by atoms with Gasteiger partial charge in [-0.3, -0.25) is 15.1 Å². The molecule has 4 aromatic rings. The number of hydrogen-bond donors (Lipinski definition) is 1. The number of carbonyl (C=O) groups is 1. The molecular formula is C22H15ClN4OS2. The zero-order valence-corrected chi connectivity index (χ0v) is 18.0. The predicted octanol–water partition coefficient (Wildman–Crippen LogP) is 5.57. The van der Waals surface area contributed by atoms with Gasteiger partial charge in [-0.15, -0.1) is 0 Å². The van der Waals surface area contributed by atoms with Crippen molar-refractivity contribution >= 4 is 52.0 Å². The van der Waals surface area contributed by atoms with Gasteiger partial charge in [-0.25, -0.2) is 4.68 Å². The number of nitrogens with one attached hydrogen (secondary N) is 1. The van der Waals surface area contributed by atoms with Gasteiger partial charge in [0.15, 0.2) is 0 Å². The van der Waals surface area contributed by atoms with Gasteiger partial charge in [-0.1, -0.05) is 71.1 Å². The van der Waals surface area contributed by atoms with Crippen LogP contribution in [0.25, 0.3) is 10.6 Å². The molecule has 0 spiro atoms. The molecule has 8 heteroatoms. The third kappa shape index (κ3) is 3.45. The topological polar surface area (TPSA) is 62.0 Å². The molecule has 0 unspecified atom stereocenters. The summed E-state index contributed by atoms with van der Waals surface area (Å²) in [6.45, 7) is -0.0176. The largest absolute Gasteiger partial charge is 0.277 e. The maximum atomic E-state index is 13.4. The number of nitrogens with zero attached hydrogens (tertiary/aromatic N) is 3. The lowest BCUT2D eigenvalue weighted by molar-refractivity contribution is -0.118. The van der Waals surface area contributed by atoms with Crippen molar-refractivity contribution in [3.05, 3.63) is 82.6 Å². The smallest absolute Gasteiger partial charge is 0.253 e. The average Bonchev–Trinajstić information content (AvgIpc) is 3.12. The van der Waals surface area contributed by atoms with Gasteiger partial charge in [0.1, 0.15) is 11.6 Å². The summed E-state index contributed by atoms with van der Waals surface area (Å²) in [6, 6.07) is 23.0. The zero-order valence-electron chi connectivity index (χ0n) is 15.6. The van der Waals surface area contributed by atoms with E-state index in [1.54, 1.807) is 28.8 Å². The van der Waals surface area contributed by atoms with E-state index in [1.807, 2.05) is 60.7 Å². The number of aromatic nitrogens is 2. The Hall–Kier alpha value is -2.87. The monoisotopic (exact) mass is 450 g/mol. The van der Waals surface area contributed by atoms with Crippen molar-refractivity contribution in [3.63, 3.8) is 0 Å².